The predicted octanol–water partition coefficient (Wildman–Crippen LogP) is 1.91. The molecular weight excluding hydrogens is 411 g/mol. The molecule has 1 aliphatic rings. The number of halogens is 1. The average molecular weight is 432 g/mol. The Morgan fingerprint density at radius 3 is 2.69 bits per heavy atom. The normalized spacial score (nSPS) is 13.2. The number of fused-ring (bicyclic) bond motifs is 2. The van der Waals surface area contributed by atoms with Crippen LogP contribution in [0.1, 0.15) is 16.7 Å². The molecule has 0 aliphatic carbocycles. The standard InChI is InChI=1S/C23H21FN6O2/c24-19-7-5-16(6-8-19)13-26-20(31)15-30-23(32)29-12-10-25-21(22(29)27-30)28-11-9-17-3-1-2-4-18(17)14-28/h1-8,10,12H,9,11,13-15H2,(H,26,31). The van der Waals surface area contributed by atoms with Crippen LogP contribution >= 0.6 is 0 Å². The Balaban J connectivity index is 1.35. The molecule has 0 spiro atoms. The Kier molecular flexibility index (Phi) is 5.14. The largest absolute Gasteiger partial charge is 0.350 e. The van der Waals surface area contributed by atoms with Crippen LogP contribution in [-0.4, -0.2) is 31.6 Å². The third-order valence-electron chi connectivity index (χ3n) is 5.61. The van der Waals surface area contributed by atoms with Gasteiger partial charge >= 0.3 is 5.69 Å². The molecule has 0 fully saturated rings. The third kappa shape index (κ3) is 3.84. The number of aromatic nitrogens is 4. The van der Waals surface area contributed by atoms with Crippen LogP contribution in [-0.2, 0) is 30.8 Å². The lowest BCUT2D eigenvalue weighted by atomic mass is 10.00. The van der Waals surface area contributed by atoms with Crippen molar-refractivity contribution in [3.63, 3.8) is 0 Å². The van der Waals surface area contributed by atoms with E-state index in [1.807, 2.05) is 12.1 Å². The fourth-order valence-electron chi connectivity index (χ4n) is 3.93. The zero-order chi connectivity index (χ0) is 22.1. The number of nitrogens with one attached hydrogen (secondary N) is 1. The van der Waals surface area contributed by atoms with E-state index in [1.165, 1.54) is 27.7 Å². The van der Waals surface area contributed by atoms with Crippen LogP contribution in [0.25, 0.3) is 5.65 Å². The fraction of sp³-hybridized carbons (Fsp3) is 0.217. The number of carbonyl (C=O) groups excluding carboxylic acids is 1. The first-order valence-corrected chi connectivity index (χ1v) is 10.4. The summed E-state index contributed by atoms with van der Waals surface area (Å²) in [6, 6.07) is 14.1. The number of benzene rings is 2. The second-order valence-electron chi connectivity index (χ2n) is 7.73. The van der Waals surface area contributed by atoms with Gasteiger partial charge in [0.25, 0.3) is 0 Å². The number of hydrogen-bond acceptors (Lipinski definition) is 5. The Bertz CT molecular complexity index is 1340. The van der Waals surface area contributed by atoms with Gasteiger partial charge in [0.2, 0.25) is 11.6 Å². The quantitative estimate of drug-likeness (QED) is 0.521. The molecular formula is C23H21FN6O2. The molecule has 2 aromatic heterocycles. The predicted molar refractivity (Wildman–Crippen MR) is 117 cm³/mol. The highest BCUT2D eigenvalue weighted by Gasteiger charge is 2.22. The van der Waals surface area contributed by atoms with Gasteiger partial charge in [0, 0.05) is 32.0 Å². The summed E-state index contributed by atoms with van der Waals surface area (Å²) in [6.45, 7) is 1.47. The van der Waals surface area contributed by atoms with E-state index < -0.39 is 5.69 Å². The van der Waals surface area contributed by atoms with E-state index in [0.29, 0.717) is 18.0 Å². The molecule has 1 N–H and O–H groups in total. The summed E-state index contributed by atoms with van der Waals surface area (Å²) in [4.78, 5) is 31.8. The van der Waals surface area contributed by atoms with E-state index in [1.54, 1.807) is 24.5 Å². The molecule has 0 saturated heterocycles. The summed E-state index contributed by atoms with van der Waals surface area (Å²) in [6.07, 6.45) is 4.01. The van der Waals surface area contributed by atoms with Gasteiger partial charge < -0.3 is 10.2 Å². The van der Waals surface area contributed by atoms with Gasteiger partial charge in [0.05, 0.1) is 0 Å². The van der Waals surface area contributed by atoms with Crippen molar-refractivity contribution in [3.8, 4) is 0 Å². The van der Waals surface area contributed by atoms with Gasteiger partial charge in [-0.2, -0.15) is 0 Å². The highest BCUT2D eigenvalue weighted by atomic mass is 19.1. The van der Waals surface area contributed by atoms with Gasteiger partial charge in [0.15, 0.2) is 5.82 Å². The molecule has 1 amide bonds. The second-order valence-corrected chi connectivity index (χ2v) is 7.73. The molecule has 32 heavy (non-hydrogen) atoms. The highest BCUT2D eigenvalue weighted by molar-refractivity contribution is 5.75. The lowest BCUT2D eigenvalue weighted by Gasteiger charge is -2.29. The molecule has 0 unspecified atom stereocenters. The molecule has 2 aromatic carbocycles. The van der Waals surface area contributed by atoms with Gasteiger partial charge in [-0.25, -0.2) is 23.3 Å². The van der Waals surface area contributed by atoms with Crippen molar-refractivity contribution >= 4 is 17.4 Å². The Morgan fingerprint density at radius 2 is 1.88 bits per heavy atom. The first-order chi connectivity index (χ1) is 15.6. The van der Waals surface area contributed by atoms with E-state index in [-0.39, 0.29) is 24.8 Å². The van der Waals surface area contributed by atoms with Gasteiger partial charge in [-0.05, 0) is 35.2 Å². The topological polar surface area (TPSA) is 84.5 Å². The molecule has 0 bridgehead atoms. The van der Waals surface area contributed by atoms with E-state index in [9.17, 15) is 14.0 Å². The zero-order valence-electron chi connectivity index (χ0n) is 17.2. The second kappa shape index (κ2) is 8.26. The van der Waals surface area contributed by atoms with Gasteiger partial charge in [-0.15, -0.1) is 5.10 Å². The molecule has 5 rings (SSSR count). The molecule has 9 heteroatoms. The number of amides is 1. The highest BCUT2D eigenvalue weighted by Crippen LogP contribution is 2.24. The smallest absolute Gasteiger partial charge is 0.350 e. The number of rotatable bonds is 5. The molecule has 3 heterocycles. The van der Waals surface area contributed by atoms with Crippen molar-refractivity contribution in [3.05, 3.63) is 93.9 Å². The summed E-state index contributed by atoms with van der Waals surface area (Å²) in [5, 5.41) is 7.13. The third-order valence-corrected chi connectivity index (χ3v) is 5.61. The molecule has 1 aliphatic heterocycles. The molecule has 0 atom stereocenters. The minimum Gasteiger partial charge on any atom is -0.350 e. The summed E-state index contributed by atoms with van der Waals surface area (Å²) >= 11 is 0. The van der Waals surface area contributed by atoms with Crippen LogP contribution in [0.4, 0.5) is 10.2 Å². The maximum Gasteiger partial charge on any atom is 0.350 e. The summed E-state index contributed by atoms with van der Waals surface area (Å²) < 4.78 is 15.6. The van der Waals surface area contributed by atoms with E-state index in [0.717, 1.165) is 23.2 Å². The molecule has 0 radical (unpaired) electrons. The van der Waals surface area contributed by atoms with Crippen LogP contribution in [0.15, 0.2) is 65.7 Å². The first kappa shape index (κ1) is 19.9. The molecule has 0 saturated carbocycles. The lowest BCUT2D eigenvalue weighted by molar-refractivity contribution is -0.122. The monoisotopic (exact) mass is 432 g/mol. The summed E-state index contributed by atoms with van der Waals surface area (Å²) in [5.41, 5.74) is 3.32. The zero-order valence-corrected chi connectivity index (χ0v) is 17.2. The summed E-state index contributed by atoms with van der Waals surface area (Å²) in [5.74, 6) is -0.0799. The van der Waals surface area contributed by atoms with Crippen molar-refractivity contribution in [1.29, 1.82) is 0 Å². The van der Waals surface area contributed by atoms with Gasteiger partial charge in [-0.1, -0.05) is 36.4 Å². The Hall–Kier alpha value is -4.01. The minimum absolute atomic E-state index is 0.218. The van der Waals surface area contributed by atoms with Gasteiger partial charge in [-0.3, -0.25) is 4.79 Å². The van der Waals surface area contributed by atoms with E-state index in [4.69, 9.17) is 0 Å². The molecule has 162 valence electrons. The lowest BCUT2D eigenvalue weighted by Crippen LogP contribution is -2.32. The van der Waals surface area contributed by atoms with Crippen molar-refractivity contribution in [2.24, 2.45) is 0 Å². The number of anilines is 1. The van der Waals surface area contributed by atoms with Crippen LogP contribution in [0, 0.1) is 5.82 Å². The van der Waals surface area contributed by atoms with Crippen molar-refractivity contribution in [2.45, 2.75) is 26.1 Å². The Labute approximate surface area is 182 Å². The van der Waals surface area contributed by atoms with Crippen LogP contribution < -0.4 is 15.9 Å². The van der Waals surface area contributed by atoms with Crippen LogP contribution in [0.2, 0.25) is 0 Å². The molecule has 8 nitrogen and oxygen atoms in total. The summed E-state index contributed by atoms with van der Waals surface area (Å²) in [7, 11) is 0. The van der Waals surface area contributed by atoms with Crippen molar-refractivity contribution in [2.75, 3.05) is 11.4 Å². The van der Waals surface area contributed by atoms with Crippen LogP contribution in [0.5, 0.6) is 0 Å². The Morgan fingerprint density at radius 1 is 1.09 bits per heavy atom. The fourth-order valence-corrected chi connectivity index (χ4v) is 3.93. The van der Waals surface area contributed by atoms with Crippen molar-refractivity contribution < 1.29 is 9.18 Å². The van der Waals surface area contributed by atoms with E-state index >= 15 is 0 Å². The van der Waals surface area contributed by atoms with Gasteiger partial charge in [0.1, 0.15) is 12.4 Å². The number of hydrogen-bond donors (Lipinski definition) is 1. The number of nitrogens with zero attached hydrogens (tertiary/aromatic N) is 5. The maximum absolute atomic E-state index is 13.0. The minimum atomic E-state index is -0.405. The maximum atomic E-state index is 13.0. The number of carbonyl (C=O) groups is 1. The molecule has 4 aromatic rings. The van der Waals surface area contributed by atoms with Crippen molar-refractivity contribution in [1.82, 2.24) is 24.5 Å². The van der Waals surface area contributed by atoms with Crippen LogP contribution in [0.3, 0.4) is 0 Å². The first-order valence-electron chi connectivity index (χ1n) is 10.4. The average Bonchev–Trinajstić information content (AvgIpc) is 3.13. The SMILES string of the molecule is O=C(Cn1nc2c(N3CCc4ccccc4C3)nccn2c1=O)NCc1ccc(F)cc1. The van der Waals surface area contributed by atoms with E-state index in [2.05, 4.69) is 32.4 Å².